The Bertz CT molecular complexity index is 857. The standard InChI is InChI=1S/C21H22N2O3/c1-13(2)24-19-10-16(11-22)20(18(12-23)21(19)25-14(3)4)26-17-8-6-15(5)7-9-17/h6-10,13-14H,1-5H3. The van der Waals surface area contributed by atoms with Crippen molar-refractivity contribution in [2.24, 2.45) is 0 Å². The highest BCUT2D eigenvalue weighted by atomic mass is 16.5. The molecule has 134 valence electrons. The summed E-state index contributed by atoms with van der Waals surface area (Å²) in [7, 11) is 0. The molecular formula is C21H22N2O3. The van der Waals surface area contributed by atoms with E-state index in [4.69, 9.17) is 14.2 Å². The number of rotatable bonds is 6. The van der Waals surface area contributed by atoms with E-state index in [0.29, 0.717) is 11.5 Å². The van der Waals surface area contributed by atoms with E-state index in [2.05, 4.69) is 12.1 Å². The number of nitriles is 2. The number of benzene rings is 2. The number of aryl methyl sites for hydroxylation is 1. The lowest BCUT2D eigenvalue weighted by molar-refractivity contribution is 0.197. The Morgan fingerprint density at radius 2 is 1.46 bits per heavy atom. The summed E-state index contributed by atoms with van der Waals surface area (Å²) in [6, 6.07) is 13.1. The molecule has 0 unspecified atom stereocenters. The van der Waals surface area contributed by atoms with Crippen molar-refractivity contribution in [1.29, 1.82) is 10.5 Å². The van der Waals surface area contributed by atoms with E-state index in [0.717, 1.165) is 5.56 Å². The number of hydrogen-bond donors (Lipinski definition) is 0. The van der Waals surface area contributed by atoms with Crippen molar-refractivity contribution in [2.45, 2.75) is 46.8 Å². The third kappa shape index (κ3) is 4.46. The molecule has 2 rings (SSSR count). The summed E-state index contributed by atoms with van der Waals surface area (Å²) in [6.45, 7) is 9.43. The third-order valence-corrected chi connectivity index (χ3v) is 3.39. The Kier molecular flexibility index (Phi) is 6.09. The van der Waals surface area contributed by atoms with Crippen molar-refractivity contribution in [3.8, 4) is 35.1 Å². The minimum absolute atomic E-state index is 0.133. The Labute approximate surface area is 154 Å². The zero-order valence-electron chi connectivity index (χ0n) is 15.7. The molecule has 0 fully saturated rings. The van der Waals surface area contributed by atoms with Crippen LogP contribution in [0.5, 0.6) is 23.0 Å². The van der Waals surface area contributed by atoms with Crippen molar-refractivity contribution in [1.82, 2.24) is 0 Å². The molecule has 2 aromatic rings. The summed E-state index contributed by atoms with van der Waals surface area (Å²) < 4.78 is 17.5. The van der Waals surface area contributed by atoms with Gasteiger partial charge in [0, 0.05) is 6.07 Å². The molecule has 5 nitrogen and oxygen atoms in total. The second-order valence-electron chi connectivity index (χ2n) is 6.43. The van der Waals surface area contributed by atoms with Gasteiger partial charge in [-0.2, -0.15) is 10.5 Å². The third-order valence-electron chi connectivity index (χ3n) is 3.39. The highest BCUT2D eigenvalue weighted by molar-refractivity contribution is 5.67. The normalized spacial score (nSPS) is 10.3. The largest absolute Gasteiger partial charge is 0.487 e. The van der Waals surface area contributed by atoms with E-state index in [1.54, 1.807) is 18.2 Å². The molecule has 0 aliphatic carbocycles. The van der Waals surface area contributed by atoms with Gasteiger partial charge in [-0.3, -0.25) is 0 Å². The average Bonchev–Trinajstić information content (AvgIpc) is 2.58. The fraction of sp³-hybridized carbons (Fsp3) is 0.333. The van der Waals surface area contributed by atoms with Gasteiger partial charge in [0.05, 0.1) is 17.8 Å². The SMILES string of the molecule is Cc1ccc(Oc2c(C#N)cc(OC(C)C)c(OC(C)C)c2C#N)cc1. The van der Waals surface area contributed by atoms with Gasteiger partial charge in [-0.25, -0.2) is 0 Å². The predicted octanol–water partition coefficient (Wildman–Crippen LogP) is 5.11. The summed E-state index contributed by atoms with van der Waals surface area (Å²) >= 11 is 0. The summed E-state index contributed by atoms with van der Waals surface area (Å²) in [5.74, 6) is 1.36. The van der Waals surface area contributed by atoms with E-state index in [9.17, 15) is 10.5 Å². The number of hydrogen-bond acceptors (Lipinski definition) is 5. The molecule has 0 saturated carbocycles. The maximum absolute atomic E-state index is 9.74. The lowest BCUT2D eigenvalue weighted by Gasteiger charge is -2.20. The topological polar surface area (TPSA) is 75.3 Å². The molecule has 26 heavy (non-hydrogen) atoms. The summed E-state index contributed by atoms with van der Waals surface area (Å²) in [5.41, 5.74) is 1.45. The monoisotopic (exact) mass is 350 g/mol. The molecule has 0 saturated heterocycles. The fourth-order valence-corrected chi connectivity index (χ4v) is 2.33. The second-order valence-corrected chi connectivity index (χ2v) is 6.43. The van der Waals surface area contributed by atoms with Crippen LogP contribution in [-0.4, -0.2) is 12.2 Å². The van der Waals surface area contributed by atoms with Gasteiger partial charge in [-0.15, -0.1) is 0 Å². The molecule has 0 spiro atoms. The van der Waals surface area contributed by atoms with Crippen molar-refractivity contribution >= 4 is 0 Å². The predicted molar refractivity (Wildman–Crippen MR) is 98.7 cm³/mol. The van der Waals surface area contributed by atoms with Gasteiger partial charge in [0.1, 0.15) is 23.5 Å². The van der Waals surface area contributed by atoms with Gasteiger partial charge < -0.3 is 14.2 Å². The maximum atomic E-state index is 9.74. The molecule has 0 aliphatic heterocycles. The van der Waals surface area contributed by atoms with Crippen LogP contribution in [-0.2, 0) is 0 Å². The smallest absolute Gasteiger partial charge is 0.183 e. The fourth-order valence-electron chi connectivity index (χ4n) is 2.33. The van der Waals surface area contributed by atoms with Gasteiger partial charge >= 0.3 is 0 Å². The molecule has 0 amide bonds. The van der Waals surface area contributed by atoms with Crippen molar-refractivity contribution < 1.29 is 14.2 Å². The zero-order chi connectivity index (χ0) is 19.3. The van der Waals surface area contributed by atoms with Crippen LogP contribution in [0.25, 0.3) is 0 Å². The quantitative estimate of drug-likeness (QED) is 0.724. The maximum Gasteiger partial charge on any atom is 0.183 e. The lowest BCUT2D eigenvalue weighted by atomic mass is 10.1. The minimum atomic E-state index is -0.170. The molecule has 0 bridgehead atoms. The number of nitrogens with zero attached hydrogens (tertiary/aromatic N) is 2. The van der Waals surface area contributed by atoms with Crippen LogP contribution in [0.3, 0.4) is 0 Å². The van der Waals surface area contributed by atoms with Crippen LogP contribution < -0.4 is 14.2 Å². The molecule has 0 aliphatic rings. The van der Waals surface area contributed by atoms with Crippen molar-refractivity contribution in [3.63, 3.8) is 0 Å². The molecule has 0 heterocycles. The molecule has 2 aromatic carbocycles. The first-order chi connectivity index (χ1) is 12.3. The van der Waals surface area contributed by atoms with E-state index in [1.165, 1.54) is 0 Å². The van der Waals surface area contributed by atoms with Crippen LogP contribution in [0.2, 0.25) is 0 Å². The first-order valence-electron chi connectivity index (χ1n) is 8.44. The van der Waals surface area contributed by atoms with Gasteiger partial charge in [-0.05, 0) is 46.8 Å². The van der Waals surface area contributed by atoms with Crippen LogP contribution in [0.4, 0.5) is 0 Å². The Hall–Kier alpha value is -3.18. The molecular weight excluding hydrogens is 328 g/mol. The Morgan fingerprint density at radius 3 is 1.96 bits per heavy atom. The van der Waals surface area contributed by atoms with Gasteiger partial charge in [0.15, 0.2) is 17.2 Å². The Balaban J connectivity index is 2.63. The summed E-state index contributed by atoms with van der Waals surface area (Å²) in [5, 5.41) is 19.3. The summed E-state index contributed by atoms with van der Waals surface area (Å²) in [6.07, 6.45) is -0.303. The first kappa shape index (κ1) is 19.1. The van der Waals surface area contributed by atoms with Crippen LogP contribution >= 0.6 is 0 Å². The highest BCUT2D eigenvalue weighted by Crippen LogP contribution is 2.42. The van der Waals surface area contributed by atoms with Gasteiger partial charge in [0.2, 0.25) is 0 Å². The van der Waals surface area contributed by atoms with Crippen molar-refractivity contribution in [3.05, 3.63) is 47.0 Å². The van der Waals surface area contributed by atoms with E-state index >= 15 is 0 Å². The minimum Gasteiger partial charge on any atom is -0.487 e. The van der Waals surface area contributed by atoms with Crippen LogP contribution in [0, 0.1) is 29.6 Å². The Morgan fingerprint density at radius 1 is 0.846 bits per heavy atom. The van der Waals surface area contributed by atoms with Gasteiger partial charge in [0.25, 0.3) is 0 Å². The number of ether oxygens (including phenoxy) is 3. The molecule has 5 heteroatoms. The van der Waals surface area contributed by atoms with Crippen LogP contribution in [0.1, 0.15) is 44.4 Å². The highest BCUT2D eigenvalue weighted by Gasteiger charge is 2.24. The molecule has 0 aromatic heterocycles. The lowest BCUT2D eigenvalue weighted by Crippen LogP contribution is -2.13. The molecule has 0 atom stereocenters. The summed E-state index contributed by atoms with van der Waals surface area (Å²) in [4.78, 5) is 0. The van der Waals surface area contributed by atoms with Crippen molar-refractivity contribution in [2.75, 3.05) is 0 Å². The van der Waals surface area contributed by atoms with Crippen LogP contribution in [0.15, 0.2) is 30.3 Å². The molecule has 0 N–H and O–H groups in total. The average molecular weight is 350 g/mol. The second kappa shape index (κ2) is 8.27. The zero-order valence-corrected chi connectivity index (χ0v) is 15.7. The van der Waals surface area contributed by atoms with E-state index < -0.39 is 0 Å². The molecule has 0 radical (unpaired) electrons. The first-order valence-corrected chi connectivity index (χ1v) is 8.44. The van der Waals surface area contributed by atoms with Gasteiger partial charge in [-0.1, -0.05) is 17.7 Å². The van der Waals surface area contributed by atoms with E-state index in [-0.39, 0.29) is 34.8 Å². The van der Waals surface area contributed by atoms with E-state index in [1.807, 2.05) is 46.8 Å².